The van der Waals surface area contributed by atoms with E-state index in [9.17, 15) is 4.79 Å². The van der Waals surface area contributed by atoms with Gasteiger partial charge in [-0.1, -0.05) is 73.5 Å². The van der Waals surface area contributed by atoms with E-state index < -0.39 is 5.41 Å². The highest BCUT2D eigenvalue weighted by atomic mass is 35.5. The first-order valence-corrected chi connectivity index (χ1v) is 10.3. The third-order valence-corrected chi connectivity index (χ3v) is 6.03. The lowest BCUT2D eigenvalue weighted by molar-refractivity contribution is -0.121. The number of halogens is 1. The van der Waals surface area contributed by atoms with Crippen LogP contribution in [0.3, 0.4) is 0 Å². The van der Waals surface area contributed by atoms with Crippen molar-refractivity contribution >= 4 is 34.0 Å². The summed E-state index contributed by atoms with van der Waals surface area (Å²) in [5, 5.41) is 5.84. The van der Waals surface area contributed by atoms with Crippen LogP contribution in [0.2, 0.25) is 5.02 Å². The lowest BCUT2D eigenvalue weighted by atomic mass is 9.78. The minimum absolute atomic E-state index is 0.0437. The number of rotatable bonds is 6. The van der Waals surface area contributed by atoms with Gasteiger partial charge in [-0.3, -0.25) is 4.79 Å². The van der Waals surface area contributed by atoms with Crippen molar-refractivity contribution < 1.29 is 9.53 Å². The van der Waals surface area contributed by atoms with E-state index in [0.29, 0.717) is 11.6 Å². The summed E-state index contributed by atoms with van der Waals surface area (Å²) in [5.74, 6) is 0.828. The molecule has 1 fully saturated rings. The van der Waals surface area contributed by atoms with Crippen molar-refractivity contribution in [2.75, 3.05) is 11.9 Å². The molecule has 4 rings (SSSR count). The molecule has 3 nitrogen and oxygen atoms in total. The minimum atomic E-state index is -0.510. The Hall–Kier alpha value is -2.78. The third-order valence-electron chi connectivity index (χ3n) is 5.78. The van der Waals surface area contributed by atoms with Crippen LogP contribution in [0.5, 0.6) is 5.75 Å². The van der Waals surface area contributed by atoms with Gasteiger partial charge in [0.25, 0.3) is 0 Å². The Labute approximate surface area is 176 Å². The number of amides is 1. The first kappa shape index (κ1) is 19.5. The fourth-order valence-corrected chi connectivity index (χ4v) is 4.42. The first-order valence-electron chi connectivity index (χ1n) is 9.97. The highest BCUT2D eigenvalue weighted by molar-refractivity contribution is 6.30. The molecule has 3 aromatic rings. The summed E-state index contributed by atoms with van der Waals surface area (Å²) in [6.07, 6.45) is 5.51. The molecule has 1 amide bonds. The van der Waals surface area contributed by atoms with Crippen LogP contribution in [0, 0.1) is 0 Å². The molecule has 1 aliphatic carbocycles. The van der Waals surface area contributed by atoms with Gasteiger partial charge in [0.05, 0.1) is 5.41 Å². The van der Waals surface area contributed by atoms with Crippen LogP contribution in [-0.4, -0.2) is 12.5 Å². The normalized spacial score (nSPS) is 15.2. The Bertz CT molecular complexity index is 1040. The second-order valence-electron chi connectivity index (χ2n) is 7.51. The zero-order valence-corrected chi connectivity index (χ0v) is 17.0. The molecule has 3 aromatic carbocycles. The van der Waals surface area contributed by atoms with E-state index in [0.717, 1.165) is 53.5 Å². The van der Waals surface area contributed by atoms with E-state index in [-0.39, 0.29) is 5.91 Å². The second kappa shape index (κ2) is 8.30. The largest absolute Gasteiger partial charge is 0.489 e. The number of benzene rings is 3. The van der Waals surface area contributed by atoms with Crippen molar-refractivity contribution in [2.45, 2.75) is 31.1 Å². The maximum atomic E-state index is 13.5. The molecule has 1 aliphatic rings. The van der Waals surface area contributed by atoms with Crippen molar-refractivity contribution in [1.29, 1.82) is 0 Å². The number of fused-ring (bicyclic) bond motifs is 1. The van der Waals surface area contributed by atoms with E-state index in [4.69, 9.17) is 16.3 Å². The summed E-state index contributed by atoms with van der Waals surface area (Å²) in [6.45, 7) is 4.15. The molecule has 29 heavy (non-hydrogen) atoms. The standard InChI is InChI=1S/C25H24ClNO2/c1-2-17-29-23-14-13-22(20-7-3-4-8-21(20)23)27-24(28)25(15-5-6-16-25)18-9-11-19(26)12-10-18/h2-4,7-14H,1,5-6,15-17H2,(H,27,28). The minimum Gasteiger partial charge on any atom is -0.489 e. The summed E-state index contributed by atoms with van der Waals surface area (Å²) in [4.78, 5) is 13.5. The van der Waals surface area contributed by atoms with Gasteiger partial charge in [-0.05, 0) is 42.7 Å². The van der Waals surface area contributed by atoms with Gasteiger partial charge in [-0.2, -0.15) is 0 Å². The number of carbonyl (C=O) groups is 1. The van der Waals surface area contributed by atoms with Crippen LogP contribution in [0.25, 0.3) is 10.8 Å². The first-order chi connectivity index (χ1) is 14.1. The highest BCUT2D eigenvalue weighted by Gasteiger charge is 2.42. The van der Waals surface area contributed by atoms with Crippen LogP contribution >= 0.6 is 11.6 Å². The van der Waals surface area contributed by atoms with Gasteiger partial charge in [0, 0.05) is 21.5 Å². The molecule has 0 aromatic heterocycles. The Kier molecular flexibility index (Phi) is 5.59. The molecular weight excluding hydrogens is 382 g/mol. The van der Waals surface area contributed by atoms with E-state index in [1.54, 1.807) is 6.08 Å². The molecule has 1 N–H and O–H groups in total. The van der Waals surface area contributed by atoms with Gasteiger partial charge < -0.3 is 10.1 Å². The van der Waals surface area contributed by atoms with Gasteiger partial charge in [-0.25, -0.2) is 0 Å². The maximum Gasteiger partial charge on any atom is 0.235 e. The Balaban J connectivity index is 1.69. The van der Waals surface area contributed by atoms with E-state index in [1.165, 1.54) is 0 Å². The molecule has 0 aliphatic heterocycles. The van der Waals surface area contributed by atoms with Crippen LogP contribution in [0.15, 0.2) is 73.3 Å². The maximum absolute atomic E-state index is 13.5. The molecule has 148 valence electrons. The average molecular weight is 406 g/mol. The Morgan fingerprint density at radius 3 is 2.41 bits per heavy atom. The molecule has 0 radical (unpaired) electrons. The second-order valence-corrected chi connectivity index (χ2v) is 7.94. The number of ether oxygens (including phenoxy) is 1. The fourth-order valence-electron chi connectivity index (χ4n) is 4.29. The molecule has 0 bridgehead atoms. The van der Waals surface area contributed by atoms with Gasteiger partial charge >= 0.3 is 0 Å². The SMILES string of the molecule is C=CCOc1ccc(NC(=O)C2(c3ccc(Cl)cc3)CCCC2)c2ccccc12. The molecule has 0 saturated heterocycles. The fraction of sp³-hybridized carbons (Fsp3) is 0.240. The molecule has 0 spiro atoms. The lowest BCUT2D eigenvalue weighted by Crippen LogP contribution is -2.38. The van der Waals surface area contributed by atoms with Crippen LogP contribution < -0.4 is 10.1 Å². The third kappa shape index (κ3) is 3.75. The summed E-state index contributed by atoms with van der Waals surface area (Å²) in [6, 6.07) is 19.5. The van der Waals surface area contributed by atoms with Crippen molar-refractivity contribution in [2.24, 2.45) is 0 Å². The summed E-state index contributed by atoms with van der Waals surface area (Å²) < 4.78 is 5.79. The van der Waals surface area contributed by atoms with Crippen molar-refractivity contribution in [3.63, 3.8) is 0 Å². The summed E-state index contributed by atoms with van der Waals surface area (Å²) in [7, 11) is 0. The van der Waals surface area contributed by atoms with Gasteiger partial charge in [0.15, 0.2) is 0 Å². The number of hydrogen-bond acceptors (Lipinski definition) is 2. The van der Waals surface area contributed by atoms with Crippen molar-refractivity contribution in [3.8, 4) is 5.75 Å². The predicted molar refractivity (Wildman–Crippen MR) is 120 cm³/mol. The number of carbonyl (C=O) groups excluding carboxylic acids is 1. The molecular formula is C25H24ClNO2. The summed E-state index contributed by atoms with van der Waals surface area (Å²) >= 11 is 6.07. The smallest absolute Gasteiger partial charge is 0.235 e. The van der Waals surface area contributed by atoms with E-state index in [2.05, 4.69) is 11.9 Å². The predicted octanol–water partition coefficient (Wildman–Crippen LogP) is 6.51. The average Bonchev–Trinajstić information content (AvgIpc) is 3.25. The van der Waals surface area contributed by atoms with Crippen LogP contribution in [0.1, 0.15) is 31.2 Å². The van der Waals surface area contributed by atoms with Gasteiger partial charge in [0.2, 0.25) is 5.91 Å². The molecule has 0 atom stereocenters. The summed E-state index contributed by atoms with van der Waals surface area (Å²) in [5.41, 5.74) is 1.33. The molecule has 0 unspecified atom stereocenters. The molecule has 0 heterocycles. The lowest BCUT2D eigenvalue weighted by Gasteiger charge is -2.29. The van der Waals surface area contributed by atoms with Crippen LogP contribution in [-0.2, 0) is 10.2 Å². The Morgan fingerprint density at radius 2 is 1.72 bits per heavy atom. The van der Waals surface area contributed by atoms with Crippen molar-refractivity contribution in [1.82, 2.24) is 0 Å². The highest BCUT2D eigenvalue weighted by Crippen LogP contribution is 2.43. The molecule has 1 saturated carbocycles. The van der Waals surface area contributed by atoms with Gasteiger partial charge in [0.1, 0.15) is 12.4 Å². The Morgan fingerprint density at radius 1 is 1.03 bits per heavy atom. The quantitative estimate of drug-likeness (QED) is 0.475. The zero-order valence-electron chi connectivity index (χ0n) is 16.3. The van der Waals surface area contributed by atoms with E-state index >= 15 is 0 Å². The number of hydrogen-bond donors (Lipinski definition) is 1. The number of nitrogens with one attached hydrogen (secondary N) is 1. The van der Waals surface area contributed by atoms with Crippen molar-refractivity contribution in [3.05, 3.63) is 83.9 Å². The molecule has 4 heteroatoms. The van der Waals surface area contributed by atoms with Crippen LogP contribution in [0.4, 0.5) is 5.69 Å². The zero-order chi connectivity index (χ0) is 20.3. The van der Waals surface area contributed by atoms with Gasteiger partial charge in [-0.15, -0.1) is 0 Å². The van der Waals surface area contributed by atoms with E-state index in [1.807, 2.05) is 60.7 Å². The number of anilines is 1. The monoisotopic (exact) mass is 405 g/mol. The topological polar surface area (TPSA) is 38.3 Å².